The molecule has 0 atom stereocenters. The lowest BCUT2D eigenvalue weighted by atomic mass is 10.1. The first-order valence-electron chi connectivity index (χ1n) is 10.0. The molecule has 1 aromatic carbocycles. The summed E-state index contributed by atoms with van der Waals surface area (Å²) in [6.45, 7) is 2.55. The van der Waals surface area contributed by atoms with Crippen molar-refractivity contribution in [2.45, 2.75) is 0 Å². The third-order valence-corrected chi connectivity index (χ3v) is 6.13. The summed E-state index contributed by atoms with van der Waals surface area (Å²) in [6, 6.07) is 11.5. The maximum atomic E-state index is 12.6. The number of carbonyl (C=O) groups is 1. The monoisotopic (exact) mass is 438 g/mol. The molecule has 0 radical (unpaired) electrons. The van der Waals surface area contributed by atoms with Gasteiger partial charge in [0.25, 0.3) is 5.91 Å². The lowest BCUT2D eigenvalue weighted by Gasteiger charge is -2.35. The number of benzene rings is 1. The molecule has 0 bridgehead atoms. The van der Waals surface area contributed by atoms with Gasteiger partial charge in [-0.3, -0.25) is 4.79 Å². The molecule has 31 heavy (non-hydrogen) atoms. The first-order valence-corrected chi connectivity index (χ1v) is 10.9. The Kier molecular flexibility index (Phi) is 5.94. The minimum atomic E-state index is 0.0810. The number of nitrogens with two attached hydrogens (primary N) is 1. The predicted molar refractivity (Wildman–Crippen MR) is 125 cm³/mol. The van der Waals surface area contributed by atoms with Crippen LogP contribution in [0, 0.1) is 0 Å². The minimum Gasteiger partial charge on any atom is -0.497 e. The molecule has 0 spiro atoms. The van der Waals surface area contributed by atoms with E-state index in [9.17, 15) is 4.79 Å². The molecule has 3 heterocycles. The van der Waals surface area contributed by atoms with E-state index in [-0.39, 0.29) is 5.91 Å². The molecule has 3 aromatic rings. The fraction of sp³-hybridized carbons (Fsp3) is 0.318. The van der Waals surface area contributed by atoms with Gasteiger partial charge in [0.15, 0.2) is 0 Å². The van der Waals surface area contributed by atoms with Gasteiger partial charge in [0, 0.05) is 40.3 Å². The number of aromatic nitrogens is 2. The summed E-state index contributed by atoms with van der Waals surface area (Å²) in [5, 5.41) is 1.92. The summed E-state index contributed by atoms with van der Waals surface area (Å²) in [4.78, 5) is 28.7. The van der Waals surface area contributed by atoms with Gasteiger partial charge in [-0.2, -0.15) is 9.97 Å². The highest BCUT2D eigenvalue weighted by atomic mass is 32.1. The summed E-state index contributed by atoms with van der Waals surface area (Å²) < 4.78 is 5.36. The number of anilines is 3. The summed E-state index contributed by atoms with van der Waals surface area (Å²) >= 11 is 1.47. The zero-order chi connectivity index (χ0) is 22.0. The van der Waals surface area contributed by atoms with E-state index < -0.39 is 0 Å². The quantitative estimate of drug-likeness (QED) is 0.655. The van der Waals surface area contributed by atoms with Crippen LogP contribution >= 0.6 is 11.3 Å². The van der Waals surface area contributed by atoms with Crippen LogP contribution in [0.15, 0.2) is 41.8 Å². The number of hydrogen-bond acceptors (Lipinski definition) is 8. The van der Waals surface area contributed by atoms with Gasteiger partial charge in [-0.1, -0.05) is 18.2 Å². The van der Waals surface area contributed by atoms with Gasteiger partial charge >= 0.3 is 0 Å². The normalized spacial score (nSPS) is 13.9. The van der Waals surface area contributed by atoms with Gasteiger partial charge in [0.05, 0.1) is 17.6 Å². The molecule has 9 heteroatoms. The Bertz CT molecular complexity index is 1060. The summed E-state index contributed by atoms with van der Waals surface area (Å²) in [6.07, 6.45) is 0. The second-order valence-corrected chi connectivity index (χ2v) is 8.44. The molecule has 1 aliphatic rings. The fourth-order valence-corrected chi connectivity index (χ4v) is 4.33. The van der Waals surface area contributed by atoms with Crippen molar-refractivity contribution in [1.29, 1.82) is 0 Å². The Morgan fingerprint density at radius 2 is 1.90 bits per heavy atom. The lowest BCUT2D eigenvalue weighted by molar-refractivity contribution is 0.0751. The minimum absolute atomic E-state index is 0.0810. The Labute approximate surface area is 185 Å². The topological polar surface area (TPSA) is 87.8 Å². The second kappa shape index (κ2) is 8.81. The van der Waals surface area contributed by atoms with Gasteiger partial charge in [0.2, 0.25) is 5.95 Å². The predicted octanol–water partition coefficient (Wildman–Crippen LogP) is 2.82. The Hall–Kier alpha value is -3.33. The molecular formula is C22H26N6O2S. The molecule has 0 unspecified atom stereocenters. The zero-order valence-corrected chi connectivity index (χ0v) is 18.7. The van der Waals surface area contributed by atoms with E-state index in [1.807, 2.05) is 65.7 Å². The van der Waals surface area contributed by atoms with Crippen LogP contribution in [0.1, 0.15) is 9.67 Å². The van der Waals surface area contributed by atoms with Crippen LogP contribution in [0.2, 0.25) is 0 Å². The van der Waals surface area contributed by atoms with Gasteiger partial charge in [-0.05, 0) is 29.1 Å². The molecule has 1 fully saturated rings. The number of piperazine rings is 1. The smallest absolute Gasteiger partial charge is 0.264 e. The van der Waals surface area contributed by atoms with E-state index in [0.29, 0.717) is 37.9 Å². The van der Waals surface area contributed by atoms with Crippen molar-refractivity contribution in [3.63, 3.8) is 0 Å². The Morgan fingerprint density at radius 1 is 1.13 bits per heavy atom. The summed E-state index contributed by atoms with van der Waals surface area (Å²) in [5.74, 6) is 2.57. The van der Waals surface area contributed by atoms with Crippen LogP contribution in [-0.2, 0) is 0 Å². The lowest BCUT2D eigenvalue weighted by Crippen LogP contribution is -2.49. The molecule has 1 aliphatic heterocycles. The number of nitrogen functional groups attached to an aromatic ring is 1. The van der Waals surface area contributed by atoms with Crippen LogP contribution in [0.4, 0.5) is 17.6 Å². The average Bonchev–Trinajstić information content (AvgIpc) is 3.33. The highest BCUT2D eigenvalue weighted by Crippen LogP contribution is 2.36. The number of carbonyl (C=O) groups excluding carboxylic acids is 1. The van der Waals surface area contributed by atoms with Crippen LogP contribution in [0.3, 0.4) is 0 Å². The van der Waals surface area contributed by atoms with Crippen LogP contribution < -0.4 is 20.3 Å². The molecule has 1 saturated heterocycles. The number of rotatable bonds is 5. The highest BCUT2D eigenvalue weighted by Gasteiger charge is 2.26. The number of nitrogens with zero attached hydrogens (tertiary/aromatic N) is 5. The van der Waals surface area contributed by atoms with E-state index in [2.05, 4.69) is 9.88 Å². The first kappa shape index (κ1) is 20.9. The van der Waals surface area contributed by atoms with E-state index >= 15 is 0 Å². The third kappa shape index (κ3) is 4.27. The second-order valence-electron chi connectivity index (χ2n) is 7.49. The first-order chi connectivity index (χ1) is 15.0. The van der Waals surface area contributed by atoms with Crippen molar-refractivity contribution in [2.24, 2.45) is 0 Å². The molecular weight excluding hydrogens is 412 g/mol. The maximum Gasteiger partial charge on any atom is 0.264 e. The SMILES string of the molecule is COc1cccc(-c2c(N)nc(N3CCN(C(=O)c4cccs4)CC3)nc2N(C)C)c1. The molecule has 2 aromatic heterocycles. The van der Waals surface area contributed by atoms with Crippen LogP contribution in [-0.4, -0.2) is 68.2 Å². The largest absolute Gasteiger partial charge is 0.497 e. The van der Waals surface area contributed by atoms with Crippen molar-refractivity contribution in [1.82, 2.24) is 14.9 Å². The number of methoxy groups -OCH3 is 1. The number of thiophene rings is 1. The Balaban J connectivity index is 1.58. The fourth-order valence-electron chi connectivity index (χ4n) is 3.64. The van der Waals surface area contributed by atoms with E-state index in [1.54, 1.807) is 7.11 Å². The highest BCUT2D eigenvalue weighted by molar-refractivity contribution is 7.12. The maximum absolute atomic E-state index is 12.6. The standard InChI is InChI=1S/C22H26N6O2S/c1-26(2)20-18(15-6-4-7-16(14-15)30-3)19(23)24-22(25-20)28-11-9-27(10-12-28)21(29)17-8-5-13-31-17/h4-8,13-14H,9-12H2,1-3H3,(H2,23,24,25). The number of hydrogen-bond donors (Lipinski definition) is 1. The average molecular weight is 439 g/mol. The van der Waals surface area contributed by atoms with E-state index in [0.717, 1.165) is 27.6 Å². The van der Waals surface area contributed by atoms with E-state index in [1.165, 1.54) is 11.3 Å². The summed E-state index contributed by atoms with van der Waals surface area (Å²) in [7, 11) is 5.51. The molecule has 0 aliphatic carbocycles. The third-order valence-electron chi connectivity index (χ3n) is 5.27. The van der Waals surface area contributed by atoms with Gasteiger partial charge < -0.3 is 25.2 Å². The molecule has 8 nitrogen and oxygen atoms in total. The van der Waals surface area contributed by atoms with Crippen molar-refractivity contribution >= 4 is 34.8 Å². The van der Waals surface area contributed by atoms with E-state index in [4.69, 9.17) is 15.5 Å². The molecule has 1 amide bonds. The zero-order valence-electron chi connectivity index (χ0n) is 17.9. The van der Waals surface area contributed by atoms with Crippen molar-refractivity contribution in [2.75, 3.05) is 62.9 Å². The number of amides is 1. The van der Waals surface area contributed by atoms with Gasteiger partial charge in [-0.15, -0.1) is 11.3 Å². The number of ether oxygens (including phenoxy) is 1. The van der Waals surface area contributed by atoms with Crippen LogP contribution in [0.25, 0.3) is 11.1 Å². The van der Waals surface area contributed by atoms with Crippen molar-refractivity contribution < 1.29 is 9.53 Å². The van der Waals surface area contributed by atoms with Crippen molar-refractivity contribution in [3.8, 4) is 16.9 Å². The molecule has 162 valence electrons. The van der Waals surface area contributed by atoms with Crippen molar-refractivity contribution in [3.05, 3.63) is 46.7 Å². The van der Waals surface area contributed by atoms with Gasteiger partial charge in [0.1, 0.15) is 17.4 Å². The molecule has 0 saturated carbocycles. The molecule has 4 rings (SSSR count). The summed E-state index contributed by atoms with van der Waals surface area (Å²) in [5.41, 5.74) is 8.10. The molecule has 2 N–H and O–H groups in total. The van der Waals surface area contributed by atoms with Gasteiger partial charge in [-0.25, -0.2) is 0 Å². The Morgan fingerprint density at radius 3 is 2.55 bits per heavy atom. The van der Waals surface area contributed by atoms with Crippen LogP contribution in [0.5, 0.6) is 5.75 Å².